The van der Waals surface area contributed by atoms with Crippen molar-refractivity contribution in [1.82, 2.24) is 24.5 Å². The monoisotopic (exact) mass is 553 g/mol. The summed E-state index contributed by atoms with van der Waals surface area (Å²) in [6, 6.07) is 7.81. The van der Waals surface area contributed by atoms with Crippen molar-refractivity contribution in [3.63, 3.8) is 0 Å². The minimum Gasteiger partial charge on any atom is -0.451 e. The van der Waals surface area contributed by atoms with E-state index in [9.17, 15) is 12.8 Å². The van der Waals surface area contributed by atoms with Gasteiger partial charge in [-0.05, 0) is 55.7 Å². The third kappa shape index (κ3) is 4.68. The highest BCUT2D eigenvalue weighted by molar-refractivity contribution is 7.92. The molecule has 4 aromatic heterocycles. The number of aromatic nitrogens is 5. The summed E-state index contributed by atoms with van der Waals surface area (Å²) < 4.78 is 70.0. The van der Waals surface area contributed by atoms with Crippen molar-refractivity contribution in [2.75, 3.05) is 16.6 Å². The van der Waals surface area contributed by atoms with E-state index in [-0.39, 0.29) is 12.0 Å². The molecule has 0 saturated carbocycles. The first-order valence-electron chi connectivity index (χ1n) is 12.0. The van der Waals surface area contributed by atoms with Gasteiger partial charge in [-0.1, -0.05) is 0 Å². The maximum atomic E-state index is 15.4. The molecule has 1 unspecified atom stereocenters. The zero-order chi connectivity index (χ0) is 27.0. The summed E-state index contributed by atoms with van der Waals surface area (Å²) in [5.41, 5.74) is 0.710. The van der Waals surface area contributed by atoms with Gasteiger partial charge in [0.15, 0.2) is 11.5 Å². The first-order valence-corrected chi connectivity index (χ1v) is 13.5. The minimum atomic E-state index is -4.24. The molecule has 1 fully saturated rings. The molecule has 11 nitrogen and oxygen atoms in total. The summed E-state index contributed by atoms with van der Waals surface area (Å²) in [6.45, 7) is 0.646. The second-order valence-electron chi connectivity index (χ2n) is 8.71. The number of nitrogens with zero attached hydrogens (tertiary/aromatic N) is 5. The van der Waals surface area contributed by atoms with Gasteiger partial charge in [0.05, 0.1) is 18.3 Å². The number of hydrogen-bond donors (Lipinski definition) is 2. The molecule has 0 aliphatic carbocycles. The highest BCUT2D eigenvalue weighted by atomic mass is 32.2. The normalized spacial score (nSPS) is 15.9. The van der Waals surface area contributed by atoms with Crippen LogP contribution in [0, 0.1) is 11.6 Å². The number of ether oxygens (including phenoxy) is 1. The van der Waals surface area contributed by atoms with Crippen LogP contribution in [0.1, 0.15) is 25.5 Å². The van der Waals surface area contributed by atoms with Crippen LogP contribution in [0.15, 0.2) is 71.0 Å². The molecule has 2 N–H and O–H groups in total. The molecule has 0 bridgehead atoms. The lowest BCUT2D eigenvalue weighted by Crippen LogP contribution is -2.17. The quantitative estimate of drug-likeness (QED) is 0.285. The second kappa shape index (κ2) is 10.0. The summed E-state index contributed by atoms with van der Waals surface area (Å²) in [4.78, 5) is 17.5. The summed E-state index contributed by atoms with van der Waals surface area (Å²) in [5, 5.41) is 2.25. The van der Waals surface area contributed by atoms with Crippen LogP contribution in [0.4, 0.5) is 26.0 Å². The van der Waals surface area contributed by atoms with E-state index < -0.39 is 38.1 Å². The average Bonchev–Trinajstić information content (AvgIpc) is 3.65. The van der Waals surface area contributed by atoms with Gasteiger partial charge in [-0.3, -0.25) is 9.29 Å². The van der Waals surface area contributed by atoms with E-state index in [0.29, 0.717) is 29.0 Å². The number of nitrogens with one attached hydrogen (secondary N) is 2. The largest absolute Gasteiger partial charge is 0.451 e. The number of benzene rings is 1. The lowest BCUT2D eigenvalue weighted by Gasteiger charge is -2.23. The number of halogens is 2. The highest BCUT2D eigenvalue weighted by Crippen LogP contribution is 2.35. The molecular formula is C25H21F2N7O4S. The Kier molecular flexibility index (Phi) is 6.40. The summed E-state index contributed by atoms with van der Waals surface area (Å²) >= 11 is 0. The summed E-state index contributed by atoms with van der Waals surface area (Å²) in [7, 11) is -4.24. The Morgan fingerprint density at radius 2 is 1.92 bits per heavy atom. The summed E-state index contributed by atoms with van der Waals surface area (Å²) in [5.74, 6) is -2.06. The third-order valence-electron chi connectivity index (χ3n) is 6.23. The Morgan fingerprint density at radius 1 is 1.03 bits per heavy atom. The number of imidazole rings is 1. The molecule has 1 aliphatic heterocycles. The van der Waals surface area contributed by atoms with Crippen LogP contribution in [0.2, 0.25) is 0 Å². The SMILES string of the molecule is O=S(=O)(Nc1ccc(F)c(Nc2ncccc2-c2ncnc3c2ncn3C2CCCCO2)c1F)c1ccco1. The Balaban J connectivity index is 1.37. The molecule has 5 heterocycles. The van der Waals surface area contributed by atoms with Gasteiger partial charge in [0.2, 0.25) is 5.09 Å². The fourth-order valence-electron chi connectivity index (χ4n) is 4.37. The first-order chi connectivity index (χ1) is 18.9. The Morgan fingerprint density at radius 3 is 2.72 bits per heavy atom. The molecule has 5 aromatic rings. The van der Waals surface area contributed by atoms with Crippen LogP contribution in [0.5, 0.6) is 0 Å². The van der Waals surface area contributed by atoms with Crippen molar-refractivity contribution in [1.29, 1.82) is 0 Å². The van der Waals surface area contributed by atoms with E-state index in [2.05, 4.69) is 30.0 Å². The van der Waals surface area contributed by atoms with Gasteiger partial charge in [-0.15, -0.1) is 0 Å². The number of pyridine rings is 1. The number of hydrogen-bond acceptors (Lipinski definition) is 9. The van der Waals surface area contributed by atoms with E-state index in [1.54, 1.807) is 18.5 Å². The van der Waals surface area contributed by atoms with Gasteiger partial charge < -0.3 is 14.5 Å². The molecular weight excluding hydrogens is 532 g/mol. The average molecular weight is 554 g/mol. The predicted molar refractivity (Wildman–Crippen MR) is 137 cm³/mol. The fraction of sp³-hybridized carbons (Fsp3) is 0.200. The van der Waals surface area contributed by atoms with Gasteiger partial charge in [-0.2, -0.15) is 8.42 Å². The van der Waals surface area contributed by atoms with E-state index in [0.717, 1.165) is 31.4 Å². The Labute approximate surface area is 221 Å². The molecule has 39 heavy (non-hydrogen) atoms. The van der Waals surface area contributed by atoms with E-state index >= 15 is 4.39 Å². The van der Waals surface area contributed by atoms with E-state index in [4.69, 9.17) is 9.15 Å². The van der Waals surface area contributed by atoms with Crippen LogP contribution in [0.3, 0.4) is 0 Å². The fourth-order valence-corrected chi connectivity index (χ4v) is 5.36. The lowest BCUT2D eigenvalue weighted by atomic mass is 10.1. The zero-order valence-corrected chi connectivity index (χ0v) is 21.0. The number of furan rings is 1. The molecule has 6 rings (SSSR count). The number of anilines is 3. The van der Waals surface area contributed by atoms with E-state index in [1.807, 2.05) is 4.57 Å². The molecule has 0 amide bonds. The molecule has 1 aliphatic rings. The zero-order valence-electron chi connectivity index (χ0n) is 20.2. The van der Waals surface area contributed by atoms with Crippen LogP contribution < -0.4 is 10.0 Å². The van der Waals surface area contributed by atoms with Crippen LogP contribution in [-0.2, 0) is 14.8 Å². The predicted octanol–water partition coefficient (Wildman–Crippen LogP) is 5.00. The maximum absolute atomic E-state index is 15.4. The van der Waals surface area contributed by atoms with Crippen molar-refractivity contribution in [3.8, 4) is 11.3 Å². The van der Waals surface area contributed by atoms with Crippen molar-refractivity contribution >= 4 is 38.4 Å². The molecule has 1 saturated heterocycles. The van der Waals surface area contributed by atoms with Crippen LogP contribution in [-0.4, -0.2) is 39.5 Å². The molecule has 14 heteroatoms. The topological polar surface area (TPSA) is 137 Å². The van der Waals surface area contributed by atoms with Gasteiger partial charge >= 0.3 is 0 Å². The van der Waals surface area contributed by atoms with Gasteiger partial charge in [0.1, 0.15) is 41.1 Å². The number of rotatable bonds is 7. The van der Waals surface area contributed by atoms with Crippen molar-refractivity contribution in [2.45, 2.75) is 30.6 Å². The molecule has 0 radical (unpaired) electrons. The molecule has 1 aromatic carbocycles. The maximum Gasteiger partial charge on any atom is 0.295 e. The first kappa shape index (κ1) is 24.9. The Bertz CT molecular complexity index is 1750. The van der Waals surface area contributed by atoms with Gasteiger partial charge in [0, 0.05) is 18.4 Å². The number of sulfonamides is 1. The smallest absolute Gasteiger partial charge is 0.295 e. The minimum absolute atomic E-state index is 0.0739. The van der Waals surface area contributed by atoms with Gasteiger partial charge in [-0.25, -0.2) is 28.7 Å². The Hall–Kier alpha value is -4.43. The van der Waals surface area contributed by atoms with E-state index in [1.165, 1.54) is 30.9 Å². The third-order valence-corrected chi connectivity index (χ3v) is 7.48. The van der Waals surface area contributed by atoms with Crippen molar-refractivity contribution < 1.29 is 26.4 Å². The standard InChI is InChI=1S/C25H21F2N7O4S/c26-16-8-9-17(33-39(35,36)19-7-4-12-38-19)20(27)22(16)32-24-15(5-3-10-28-24)21-23-25(30-13-29-21)34(14-31-23)18-6-1-2-11-37-18/h3-5,7-10,12-14,18,33H,1-2,6,11H2,(H,28,32). The summed E-state index contributed by atoms with van der Waals surface area (Å²) in [6.07, 6.45) is 8.26. The van der Waals surface area contributed by atoms with Crippen LogP contribution >= 0.6 is 0 Å². The molecule has 200 valence electrons. The van der Waals surface area contributed by atoms with Crippen molar-refractivity contribution in [2.24, 2.45) is 0 Å². The molecule has 1 atom stereocenters. The van der Waals surface area contributed by atoms with Crippen molar-refractivity contribution in [3.05, 3.63) is 73.1 Å². The van der Waals surface area contributed by atoms with Gasteiger partial charge in [0.25, 0.3) is 10.0 Å². The highest BCUT2D eigenvalue weighted by Gasteiger charge is 2.24. The lowest BCUT2D eigenvalue weighted by molar-refractivity contribution is -0.0298. The molecule has 0 spiro atoms. The van der Waals surface area contributed by atoms with Crippen LogP contribution in [0.25, 0.3) is 22.4 Å². The second-order valence-corrected chi connectivity index (χ2v) is 10.3. The number of fused-ring (bicyclic) bond motifs is 1.